The highest BCUT2D eigenvalue weighted by Gasteiger charge is 2.08. The molecule has 3 N–H and O–H groups in total. The molecule has 0 bridgehead atoms. The first kappa shape index (κ1) is 18.5. The van der Waals surface area contributed by atoms with E-state index in [1.54, 1.807) is 0 Å². The maximum Gasteiger partial charge on any atom is 0.193 e. The predicted molar refractivity (Wildman–Crippen MR) is 109 cm³/mol. The Morgan fingerprint density at radius 2 is 1.85 bits per heavy atom. The molecule has 3 rings (SSSR count). The summed E-state index contributed by atoms with van der Waals surface area (Å²) in [7, 11) is 1.95. The number of aromatic nitrogens is 2. The van der Waals surface area contributed by atoms with Crippen LogP contribution in [0.2, 0.25) is 0 Å². The quantitative estimate of drug-likeness (QED) is 0.516. The van der Waals surface area contributed by atoms with E-state index in [2.05, 4.69) is 22.3 Å². The van der Waals surface area contributed by atoms with Crippen LogP contribution in [0.5, 0.6) is 11.5 Å². The van der Waals surface area contributed by atoms with Gasteiger partial charge in [0.05, 0.1) is 5.69 Å². The van der Waals surface area contributed by atoms with E-state index in [4.69, 9.17) is 10.5 Å². The van der Waals surface area contributed by atoms with Crippen molar-refractivity contribution < 1.29 is 4.74 Å². The zero-order valence-electron chi connectivity index (χ0n) is 15.9. The highest BCUT2D eigenvalue weighted by molar-refractivity contribution is 5.92. The molecule has 140 valence electrons. The number of aliphatic imine (C=N–C) groups is 1. The molecule has 0 saturated heterocycles. The van der Waals surface area contributed by atoms with E-state index < -0.39 is 0 Å². The highest BCUT2D eigenvalue weighted by atomic mass is 16.5. The molecule has 27 heavy (non-hydrogen) atoms. The lowest BCUT2D eigenvalue weighted by Crippen LogP contribution is -2.23. The second-order valence-electron chi connectivity index (χ2n) is 6.36. The summed E-state index contributed by atoms with van der Waals surface area (Å²) >= 11 is 0. The number of guanidine groups is 1. The van der Waals surface area contributed by atoms with Crippen LogP contribution < -0.4 is 15.8 Å². The topological polar surface area (TPSA) is 77.5 Å². The first-order valence-electron chi connectivity index (χ1n) is 8.92. The van der Waals surface area contributed by atoms with Crippen molar-refractivity contribution in [2.45, 2.75) is 20.3 Å². The van der Waals surface area contributed by atoms with E-state index in [-0.39, 0.29) is 0 Å². The van der Waals surface area contributed by atoms with Crippen LogP contribution in [0.1, 0.15) is 17.0 Å². The van der Waals surface area contributed by atoms with Crippen molar-refractivity contribution in [2.75, 3.05) is 11.9 Å². The van der Waals surface area contributed by atoms with Crippen LogP contribution in [-0.2, 0) is 13.5 Å². The van der Waals surface area contributed by atoms with Crippen molar-refractivity contribution >= 4 is 11.6 Å². The lowest BCUT2D eigenvalue weighted by molar-refractivity contribution is 0.483. The number of nitrogens with zero attached hydrogens (tertiary/aromatic N) is 3. The Morgan fingerprint density at radius 3 is 2.56 bits per heavy atom. The summed E-state index contributed by atoms with van der Waals surface area (Å²) in [6.45, 7) is 4.69. The molecule has 2 aromatic carbocycles. The molecule has 0 amide bonds. The number of para-hydroxylation sites is 1. The summed E-state index contributed by atoms with van der Waals surface area (Å²) < 4.78 is 7.74. The van der Waals surface area contributed by atoms with Gasteiger partial charge in [-0.2, -0.15) is 5.10 Å². The lowest BCUT2D eigenvalue weighted by Gasteiger charge is -2.09. The average Bonchev–Trinajstić information content (AvgIpc) is 2.89. The molecule has 0 saturated carbocycles. The molecule has 0 fully saturated rings. The van der Waals surface area contributed by atoms with Crippen LogP contribution in [-0.4, -0.2) is 22.3 Å². The maximum absolute atomic E-state index is 6.03. The molecular formula is C21H25N5O. The van der Waals surface area contributed by atoms with Crippen molar-refractivity contribution in [3.8, 4) is 11.5 Å². The zero-order chi connectivity index (χ0) is 19.2. The Balaban J connectivity index is 1.59. The number of rotatable bonds is 6. The third-order valence-electron chi connectivity index (χ3n) is 4.39. The molecule has 6 heteroatoms. The maximum atomic E-state index is 6.03. The van der Waals surface area contributed by atoms with Gasteiger partial charge in [-0.25, -0.2) is 0 Å². The molecule has 0 aliphatic heterocycles. The molecule has 0 aliphatic carbocycles. The first-order valence-corrected chi connectivity index (χ1v) is 8.92. The number of nitrogens with one attached hydrogen (secondary N) is 1. The Hall–Kier alpha value is -3.28. The van der Waals surface area contributed by atoms with Gasteiger partial charge in [0.1, 0.15) is 11.5 Å². The number of hydrogen-bond acceptors (Lipinski definition) is 3. The van der Waals surface area contributed by atoms with Crippen LogP contribution in [0, 0.1) is 13.8 Å². The van der Waals surface area contributed by atoms with Gasteiger partial charge in [-0.1, -0.05) is 24.3 Å². The molecule has 1 aromatic heterocycles. The van der Waals surface area contributed by atoms with Gasteiger partial charge in [-0.15, -0.1) is 0 Å². The second-order valence-corrected chi connectivity index (χ2v) is 6.36. The fraction of sp³-hybridized carbons (Fsp3) is 0.238. The summed E-state index contributed by atoms with van der Waals surface area (Å²) in [5, 5.41) is 7.54. The summed E-state index contributed by atoms with van der Waals surface area (Å²) in [6.07, 6.45) is 0.811. The van der Waals surface area contributed by atoms with Crippen LogP contribution in [0.4, 0.5) is 5.69 Å². The van der Waals surface area contributed by atoms with Gasteiger partial charge < -0.3 is 15.8 Å². The van der Waals surface area contributed by atoms with Gasteiger partial charge in [0.2, 0.25) is 0 Å². The number of benzene rings is 2. The number of anilines is 1. The largest absolute Gasteiger partial charge is 0.457 e. The molecule has 0 aliphatic rings. The number of hydrogen-bond donors (Lipinski definition) is 2. The monoisotopic (exact) mass is 363 g/mol. The van der Waals surface area contributed by atoms with E-state index >= 15 is 0 Å². The molecule has 0 spiro atoms. The third kappa shape index (κ3) is 4.88. The molecule has 1 heterocycles. The lowest BCUT2D eigenvalue weighted by atomic mass is 10.1. The van der Waals surface area contributed by atoms with E-state index in [1.165, 1.54) is 11.3 Å². The minimum Gasteiger partial charge on any atom is -0.457 e. The molecule has 0 radical (unpaired) electrons. The number of aryl methyl sites for hydroxylation is 2. The third-order valence-corrected chi connectivity index (χ3v) is 4.39. The van der Waals surface area contributed by atoms with Crippen LogP contribution in [0.15, 0.2) is 59.6 Å². The van der Waals surface area contributed by atoms with E-state index in [0.29, 0.717) is 12.5 Å². The summed E-state index contributed by atoms with van der Waals surface area (Å²) in [5.41, 5.74) is 10.3. The Bertz CT molecular complexity index is 931. The minimum absolute atomic E-state index is 0.381. The molecule has 0 atom stereocenters. The molecule has 6 nitrogen and oxygen atoms in total. The standard InChI is InChI=1S/C21H25N5O/c1-15-20(16(2)26(3)25-15)12-13-23-21(22)24-17-8-7-11-19(14-17)27-18-9-5-4-6-10-18/h4-11,14H,12-13H2,1-3H3,(H3,22,23,24). The van der Waals surface area contributed by atoms with Gasteiger partial charge in [-0.05, 0) is 50.1 Å². The van der Waals surface area contributed by atoms with Crippen molar-refractivity contribution in [1.29, 1.82) is 0 Å². The summed E-state index contributed by atoms with van der Waals surface area (Å²) in [6, 6.07) is 17.3. The Kier molecular flexibility index (Phi) is 5.76. The first-order chi connectivity index (χ1) is 13.0. The van der Waals surface area contributed by atoms with Gasteiger partial charge in [-0.3, -0.25) is 9.67 Å². The fourth-order valence-corrected chi connectivity index (χ4v) is 2.92. The van der Waals surface area contributed by atoms with Crippen LogP contribution >= 0.6 is 0 Å². The fourth-order valence-electron chi connectivity index (χ4n) is 2.92. The SMILES string of the molecule is Cc1nn(C)c(C)c1CCN=C(N)Nc1cccc(Oc2ccccc2)c1. The van der Waals surface area contributed by atoms with Gasteiger partial charge in [0.15, 0.2) is 5.96 Å². The minimum atomic E-state index is 0.381. The van der Waals surface area contributed by atoms with Crippen molar-refractivity contribution in [3.63, 3.8) is 0 Å². The Labute approximate surface area is 159 Å². The van der Waals surface area contributed by atoms with Gasteiger partial charge >= 0.3 is 0 Å². The van der Waals surface area contributed by atoms with E-state index in [1.807, 2.05) is 73.3 Å². The smallest absolute Gasteiger partial charge is 0.193 e. The van der Waals surface area contributed by atoms with E-state index in [0.717, 1.165) is 29.3 Å². The normalized spacial score (nSPS) is 11.4. The Morgan fingerprint density at radius 1 is 1.11 bits per heavy atom. The van der Waals surface area contributed by atoms with Crippen molar-refractivity contribution in [2.24, 2.45) is 17.8 Å². The van der Waals surface area contributed by atoms with Gasteiger partial charge in [0.25, 0.3) is 0 Å². The highest BCUT2D eigenvalue weighted by Crippen LogP contribution is 2.23. The van der Waals surface area contributed by atoms with Crippen molar-refractivity contribution in [3.05, 3.63) is 71.5 Å². The van der Waals surface area contributed by atoms with Crippen molar-refractivity contribution in [1.82, 2.24) is 9.78 Å². The van der Waals surface area contributed by atoms with Crippen LogP contribution in [0.25, 0.3) is 0 Å². The second kappa shape index (κ2) is 8.40. The molecular weight excluding hydrogens is 338 g/mol. The van der Waals surface area contributed by atoms with Gasteiger partial charge in [0, 0.05) is 31.0 Å². The molecule has 3 aromatic rings. The average molecular weight is 363 g/mol. The van der Waals surface area contributed by atoms with E-state index in [9.17, 15) is 0 Å². The number of nitrogens with two attached hydrogens (primary N) is 1. The van der Waals surface area contributed by atoms with Crippen LogP contribution in [0.3, 0.4) is 0 Å². The predicted octanol–water partition coefficient (Wildman–Crippen LogP) is 3.80. The molecule has 0 unspecified atom stereocenters. The summed E-state index contributed by atoms with van der Waals surface area (Å²) in [4.78, 5) is 4.43. The number of ether oxygens (including phenoxy) is 1. The zero-order valence-corrected chi connectivity index (χ0v) is 15.9. The summed E-state index contributed by atoms with van der Waals surface area (Å²) in [5.74, 6) is 1.91.